The standard InChI is InChI=1S/C57H40N4/c1-4-13-39(14-5-1)40-26-28-43(29-27-40)53-37-54(60-57(59-53)44-15-6-2-7-16-44)49-34-47(42-24-22-41(23-25-42)46-17-12-32-58-38-46)33-48(35-49)45-30-31-56-52(36-45)51-20-10-11-21-55(51)61(56)50-18-8-3-9-19-50/h1-38,54H,(H,59,60). The number of amidine groups is 1. The summed E-state index contributed by atoms with van der Waals surface area (Å²) in [4.78, 5) is 9.61. The molecule has 1 atom stereocenters. The van der Waals surface area contributed by atoms with Gasteiger partial charge in [-0.2, -0.15) is 0 Å². The van der Waals surface area contributed by atoms with Gasteiger partial charge in [0.25, 0.3) is 0 Å². The smallest absolute Gasteiger partial charge is 0.134 e. The number of fused-ring (bicyclic) bond motifs is 3. The quantitative estimate of drug-likeness (QED) is 0.167. The summed E-state index contributed by atoms with van der Waals surface area (Å²) in [5, 5.41) is 6.30. The summed E-state index contributed by atoms with van der Waals surface area (Å²) in [7, 11) is 0. The summed E-state index contributed by atoms with van der Waals surface area (Å²) >= 11 is 0. The number of aromatic nitrogens is 2. The van der Waals surface area contributed by atoms with E-state index in [1.54, 1.807) is 0 Å². The number of nitrogens with one attached hydrogen (secondary N) is 1. The second kappa shape index (κ2) is 15.6. The second-order valence-corrected chi connectivity index (χ2v) is 15.5. The molecule has 0 saturated carbocycles. The van der Waals surface area contributed by atoms with Crippen molar-refractivity contribution in [3.05, 3.63) is 247 Å². The molecule has 11 rings (SSSR count). The molecule has 0 amide bonds. The first-order valence-electron chi connectivity index (χ1n) is 20.8. The summed E-state index contributed by atoms with van der Waals surface area (Å²) in [5.41, 5.74) is 16.9. The average Bonchev–Trinajstić information content (AvgIpc) is 3.68. The number of hydrogen-bond donors (Lipinski definition) is 1. The molecule has 288 valence electrons. The van der Waals surface area contributed by atoms with Crippen LogP contribution in [0, 0.1) is 0 Å². The van der Waals surface area contributed by atoms with Crippen LogP contribution in [-0.2, 0) is 0 Å². The maximum atomic E-state index is 5.25. The molecule has 61 heavy (non-hydrogen) atoms. The minimum atomic E-state index is -0.159. The lowest BCUT2D eigenvalue weighted by Crippen LogP contribution is -2.31. The lowest BCUT2D eigenvalue weighted by atomic mass is 9.91. The van der Waals surface area contributed by atoms with Crippen molar-refractivity contribution in [1.29, 1.82) is 0 Å². The Morgan fingerprint density at radius 2 is 0.934 bits per heavy atom. The Hall–Kier alpha value is -8.08. The molecule has 0 bridgehead atoms. The zero-order valence-electron chi connectivity index (χ0n) is 33.4. The number of para-hydroxylation sites is 2. The first-order valence-corrected chi connectivity index (χ1v) is 20.8. The summed E-state index contributed by atoms with van der Waals surface area (Å²) < 4.78 is 2.37. The van der Waals surface area contributed by atoms with Gasteiger partial charge in [0.1, 0.15) is 5.84 Å². The van der Waals surface area contributed by atoms with E-state index in [0.29, 0.717) is 0 Å². The number of benzene rings is 8. The van der Waals surface area contributed by atoms with Gasteiger partial charge in [0, 0.05) is 34.4 Å². The molecule has 10 aromatic rings. The zero-order chi connectivity index (χ0) is 40.5. The Balaban J connectivity index is 1.06. The first kappa shape index (κ1) is 36.0. The van der Waals surface area contributed by atoms with Crippen LogP contribution in [0.3, 0.4) is 0 Å². The largest absolute Gasteiger partial charge is 0.359 e. The predicted octanol–water partition coefficient (Wildman–Crippen LogP) is 14.0. The molecule has 3 heterocycles. The third kappa shape index (κ3) is 7.00. The van der Waals surface area contributed by atoms with E-state index >= 15 is 0 Å². The molecule has 1 aliphatic heterocycles. The molecule has 1 aliphatic rings. The van der Waals surface area contributed by atoms with E-state index in [4.69, 9.17) is 4.99 Å². The van der Waals surface area contributed by atoms with Gasteiger partial charge >= 0.3 is 0 Å². The van der Waals surface area contributed by atoms with Gasteiger partial charge in [0.2, 0.25) is 0 Å². The summed E-state index contributed by atoms with van der Waals surface area (Å²) in [6.45, 7) is 0. The fourth-order valence-electron chi connectivity index (χ4n) is 8.65. The van der Waals surface area contributed by atoms with Gasteiger partial charge in [-0.25, -0.2) is 4.99 Å². The Bertz CT molecular complexity index is 3220. The van der Waals surface area contributed by atoms with Crippen molar-refractivity contribution in [3.63, 3.8) is 0 Å². The van der Waals surface area contributed by atoms with E-state index in [2.05, 4.69) is 221 Å². The van der Waals surface area contributed by atoms with Crippen molar-refractivity contribution in [2.24, 2.45) is 4.99 Å². The fraction of sp³-hybridized carbons (Fsp3) is 0.0175. The molecule has 1 N–H and O–H groups in total. The molecule has 0 radical (unpaired) electrons. The van der Waals surface area contributed by atoms with Crippen molar-refractivity contribution >= 4 is 33.3 Å². The van der Waals surface area contributed by atoms with Crippen LogP contribution in [0.2, 0.25) is 0 Å². The highest BCUT2D eigenvalue weighted by atomic mass is 15.0. The average molecular weight is 781 g/mol. The van der Waals surface area contributed by atoms with Crippen molar-refractivity contribution < 1.29 is 0 Å². The second-order valence-electron chi connectivity index (χ2n) is 15.5. The third-order valence-electron chi connectivity index (χ3n) is 11.7. The molecule has 0 spiro atoms. The number of pyridine rings is 1. The van der Waals surface area contributed by atoms with E-state index in [0.717, 1.165) is 67.3 Å². The first-order chi connectivity index (χ1) is 30.2. The Labute approximate surface area is 355 Å². The highest BCUT2D eigenvalue weighted by Gasteiger charge is 2.22. The number of rotatable bonds is 8. The van der Waals surface area contributed by atoms with Gasteiger partial charge in [0.05, 0.1) is 22.8 Å². The van der Waals surface area contributed by atoms with Crippen LogP contribution in [0.15, 0.2) is 236 Å². The molecule has 4 heteroatoms. The van der Waals surface area contributed by atoms with E-state index in [1.165, 1.54) is 32.9 Å². The topological polar surface area (TPSA) is 42.2 Å². The zero-order valence-corrected chi connectivity index (χ0v) is 33.4. The van der Waals surface area contributed by atoms with Crippen molar-refractivity contribution in [3.8, 4) is 50.2 Å². The van der Waals surface area contributed by atoms with Crippen LogP contribution in [0.25, 0.3) is 77.7 Å². The Morgan fingerprint density at radius 1 is 0.393 bits per heavy atom. The van der Waals surface area contributed by atoms with Crippen LogP contribution in [0.4, 0.5) is 0 Å². The number of hydrogen-bond acceptors (Lipinski definition) is 3. The molecule has 0 aliphatic carbocycles. The summed E-state index contributed by atoms with van der Waals surface area (Å²) in [5.74, 6) is 0.846. The van der Waals surface area contributed by atoms with Gasteiger partial charge < -0.3 is 9.88 Å². The minimum absolute atomic E-state index is 0.159. The highest BCUT2D eigenvalue weighted by molar-refractivity contribution is 6.10. The number of nitrogens with zero attached hydrogens (tertiary/aromatic N) is 3. The van der Waals surface area contributed by atoms with Gasteiger partial charge in [-0.05, 0) is 116 Å². The van der Waals surface area contributed by atoms with Crippen molar-refractivity contribution in [2.75, 3.05) is 0 Å². The molecule has 0 fully saturated rings. The minimum Gasteiger partial charge on any atom is -0.359 e. The normalized spacial score (nSPS) is 13.7. The van der Waals surface area contributed by atoms with Crippen LogP contribution in [0.5, 0.6) is 0 Å². The summed E-state index contributed by atoms with van der Waals surface area (Å²) in [6.07, 6.45) is 6.00. The monoisotopic (exact) mass is 780 g/mol. The molecule has 2 aromatic heterocycles. The van der Waals surface area contributed by atoms with Crippen LogP contribution in [-0.4, -0.2) is 15.4 Å². The molecule has 8 aromatic carbocycles. The Morgan fingerprint density at radius 3 is 1.64 bits per heavy atom. The lowest BCUT2D eigenvalue weighted by molar-refractivity contribution is 0.781. The number of aliphatic imine (C=N–C) groups is 1. The summed E-state index contributed by atoms with van der Waals surface area (Å²) in [6, 6.07) is 75.8. The molecular weight excluding hydrogens is 741 g/mol. The van der Waals surface area contributed by atoms with Crippen LogP contribution in [0.1, 0.15) is 22.7 Å². The third-order valence-corrected chi connectivity index (χ3v) is 11.7. The van der Waals surface area contributed by atoms with Gasteiger partial charge in [-0.1, -0.05) is 158 Å². The molecule has 0 saturated heterocycles. The van der Waals surface area contributed by atoms with Gasteiger partial charge in [0.15, 0.2) is 0 Å². The predicted molar refractivity (Wildman–Crippen MR) is 254 cm³/mol. The molecule has 1 unspecified atom stereocenters. The van der Waals surface area contributed by atoms with Crippen LogP contribution < -0.4 is 5.32 Å². The van der Waals surface area contributed by atoms with Gasteiger partial charge in [-0.15, -0.1) is 0 Å². The van der Waals surface area contributed by atoms with Gasteiger partial charge in [-0.3, -0.25) is 4.98 Å². The lowest BCUT2D eigenvalue weighted by Gasteiger charge is -2.25. The van der Waals surface area contributed by atoms with E-state index in [9.17, 15) is 0 Å². The van der Waals surface area contributed by atoms with Crippen molar-refractivity contribution in [1.82, 2.24) is 14.9 Å². The van der Waals surface area contributed by atoms with E-state index < -0.39 is 0 Å². The van der Waals surface area contributed by atoms with E-state index in [1.807, 2.05) is 24.5 Å². The Kier molecular flexibility index (Phi) is 9.21. The maximum absolute atomic E-state index is 5.25. The fourth-order valence-corrected chi connectivity index (χ4v) is 8.65. The van der Waals surface area contributed by atoms with Crippen molar-refractivity contribution in [2.45, 2.75) is 6.04 Å². The maximum Gasteiger partial charge on any atom is 0.134 e. The van der Waals surface area contributed by atoms with Crippen LogP contribution >= 0.6 is 0 Å². The van der Waals surface area contributed by atoms with E-state index in [-0.39, 0.29) is 6.04 Å². The molecular formula is C57H40N4. The SMILES string of the molecule is C1=C(c2ccc(-c3ccccc3)cc2)N=C(c2ccccc2)NC1c1cc(-c2ccc(-c3cccnc3)cc2)cc(-c2ccc3c(c2)c2ccccc2n3-c2ccccc2)c1. The molecule has 4 nitrogen and oxygen atoms in total. The highest BCUT2D eigenvalue weighted by Crippen LogP contribution is 2.39.